The third kappa shape index (κ3) is 3.78. The molecule has 7 nitrogen and oxygen atoms in total. The highest BCUT2D eigenvalue weighted by Gasteiger charge is 2.28. The molecule has 2 aromatic carbocycles. The summed E-state index contributed by atoms with van der Waals surface area (Å²) in [5, 5.41) is 19.4. The van der Waals surface area contributed by atoms with E-state index in [2.05, 4.69) is 0 Å². The molecule has 0 aliphatic heterocycles. The zero-order chi connectivity index (χ0) is 21.2. The summed E-state index contributed by atoms with van der Waals surface area (Å²) < 4.78 is 27.7. The largest absolute Gasteiger partial charge is 0.392 e. The van der Waals surface area contributed by atoms with Crippen molar-refractivity contribution < 1.29 is 18.3 Å². The number of ketones is 1. The van der Waals surface area contributed by atoms with Crippen LogP contribution in [-0.2, 0) is 16.6 Å². The van der Waals surface area contributed by atoms with Gasteiger partial charge >= 0.3 is 0 Å². The summed E-state index contributed by atoms with van der Waals surface area (Å²) >= 11 is 0. The number of carbonyl (C=O) groups excluding carboxylic acids is 1. The number of carbonyl (C=O) groups is 1. The van der Waals surface area contributed by atoms with Gasteiger partial charge in [0.15, 0.2) is 0 Å². The molecule has 148 valence electrons. The Kier molecular flexibility index (Phi) is 5.55. The second-order valence-corrected chi connectivity index (χ2v) is 8.40. The number of aliphatic hydroxyl groups is 1. The van der Waals surface area contributed by atoms with Gasteiger partial charge in [-0.05, 0) is 29.8 Å². The molecule has 1 heterocycles. The molecule has 1 aromatic heterocycles. The summed E-state index contributed by atoms with van der Waals surface area (Å²) in [6.45, 7) is -0.278. The Morgan fingerprint density at radius 2 is 1.86 bits per heavy atom. The van der Waals surface area contributed by atoms with E-state index in [-0.39, 0.29) is 28.3 Å². The zero-order valence-electron chi connectivity index (χ0n) is 15.9. The predicted octanol–water partition coefficient (Wildman–Crippen LogP) is 2.52. The Morgan fingerprint density at radius 3 is 2.45 bits per heavy atom. The molecule has 0 atom stereocenters. The molecule has 0 saturated heterocycles. The SMILES string of the molecule is CN(C)/C=C(\C#N)C(=O)c1cc2ccc(CO)cc2n1S(=O)(=O)c1ccccc1. The number of aromatic nitrogens is 1. The van der Waals surface area contributed by atoms with Gasteiger partial charge in [0.2, 0.25) is 5.78 Å². The minimum atomic E-state index is -4.13. The lowest BCUT2D eigenvalue weighted by Gasteiger charge is -2.12. The van der Waals surface area contributed by atoms with E-state index in [1.54, 1.807) is 49.3 Å². The number of hydrogen-bond donors (Lipinski definition) is 1. The van der Waals surface area contributed by atoms with Crippen molar-refractivity contribution in [2.24, 2.45) is 0 Å². The average molecular weight is 409 g/mol. The Hall–Kier alpha value is -3.41. The number of rotatable bonds is 6. The van der Waals surface area contributed by atoms with Gasteiger partial charge < -0.3 is 10.0 Å². The van der Waals surface area contributed by atoms with Gasteiger partial charge in [0.05, 0.1) is 17.0 Å². The van der Waals surface area contributed by atoms with Crippen molar-refractivity contribution in [3.63, 3.8) is 0 Å². The number of aliphatic hydroxyl groups excluding tert-OH is 1. The van der Waals surface area contributed by atoms with Crippen LogP contribution in [0.3, 0.4) is 0 Å². The number of nitriles is 1. The molecule has 3 rings (SSSR count). The standard InChI is InChI=1S/C21H19N3O4S/c1-23(2)13-17(12-22)21(26)20-11-16-9-8-15(14-25)10-19(16)24(20)29(27,28)18-6-4-3-5-7-18/h3-11,13,25H,14H2,1-2H3/b17-13+. The number of benzene rings is 2. The third-order valence-corrected chi connectivity index (χ3v) is 6.02. The van der Waals surface area contributed by atoms with Crippen LogP contribution in [0.2, 0.25) is 0 Å². The monoisotopic (exact) mass is 409 g/mol. The molecule has 0 aliphatic rings. The summed E-state index contributed by atoms with van der Waals surface area (Å²) in [6, 6.07) is 15.8. The molecule has 1 N–H and O–H groups in total. The highest BCUT2D eigenvalue weighted by Crippen LogP contribution is 2.28. The van der Waals surface area contributed by atoms with E-state index < -0.39 is 15.8 Å². The molecule has 0 unspecified atom stereocenters. The van der Waals surface area contributed by atoms with Crippen LogP contribution in [0, 0.1) is 11.3 Å². The molecule has 0 radical (unpaired) electrons. The molecule has 0 saturated carbocycles. The number of allylic oxidation sites excluding steroid dienone is 1. The summed E-state index contributed by atoms with van der Waals surface area (Å²) in [4.78, 5) is 14.6. The van der Waals surface area contributed by atoms with Crippen LogP contribution < -0.4 is 0 Å². The van der Waals surface area contributed by atoms with Gasteiger partial charge in [0, 0.05) is 25.7 Å². The van der Waals surface area contributed by atoms with Crippen LogP contribution in [0.15, 0.2) is 71.3 Å². The minimum absolute atomic E-state index is 0.0102. The maximum Gasteiger partial charge on any atom is 0.268 e. The van der Waals surface area contributed by atoms with E-state index in [1.165, 1.54) is 30.5 Å². The summed E-state index contributed by atoms with van der Waals surface area (Å²) in [5.74, 6) is -0.706. The summed E-state index contributed by atoms with van der Waals surface area (Å²) in [5.41, 5.74) is 0.424. The first-order chi connectivity index (χ1) is 13.8. The van der Waals surface area contributed by atoms with Gasteiger partial charge in [-0.25, -0.2) is 12.4 Å². The Labute approximate surface area is 168 Å². The molecule has 8 heteroatoms. The second-order valence-electron chi connectivity index (χ2n) is 6.61. The van der Waals surface area contributed by atoms with Gasteiger partial charge in [0.1, 0.15) is 17.3 Å². The number of hydrogen-bond acceptors (Lipinski definition) is 6. The fraction of sp³-hybridized carbons (Fsp3) is 0.143. The van der Waals surface area contributed by atoms with Crippen molar-refractivity contribution >= 4 is 26.7 Å². The van der Waals surface area contributed by atoms with Gasteiger partial charge in [-0.3, -0.25) is 4.79 Å². The van der Waals surface area contributed by atoms with Gasteiger partial charge in [-0.1, -0.05) is 30.3 Å². The lowest BCUT2D eigenvalue weighted by molar-refractivity contribution is 0.103. The highest BCUT2D eigenvalue weighted by atomic mass is 32.2. The van der Waals surface area contributed by atoms with Gasteiger partial charge in [0.25, 0.3) is 10.0 Å². The number of fused-ring (bicyclic) bond motifs is 1. The van der Waals surface area contributed by atoms with E-state index in [9.17, 15) is 23.6 Å². The van der Waals surface area contributed by atoms with Crippen LogP contribution in [0.1, 0.15) is 16.1 Å². The molecule has 29 heavy (non-hydrogen) atoms. The molecule has 0 spiro atoms. The fourth-order valence-electron chi connectivity index (χ4n) is 2.97. The molecule has 0 amide bonds. The lowest BCUT2D eigenvalue weighted by Crippen LogP contribution is -2.20. The molecule has 0 bridgehead atoms. The van der Waals surface area contributed by atoms with Crippen molar-refractivity contribution in [3.8, 4) is 6.07 Å². The predicted molar refractivity (Wildman–Crippen MR) is 109 cm³/mol. The smallest absolute Gasteiger partial charge is 0.268 e. The average Bonchev–Trinajstić information content (AvgIpc) is 3.11. The molecule has 0 aliphatic carbocycles. The Morgan fingerprint density at radius 1 is 1.17 bits per heavy atom. The normalized spacial score (nSPS) is 12.0. The van der Waals surface area contributed by atoms with E-state index in [4.69, 9.17) is 0 Å². The zero-order valence-corrected chi connectivity index (χ0v) is 16.7. The van der Waals surface area contributed by atoms with Crippen LogP contribution in [0.5, 0.6) is 0 Å². The van der Waals surface area contributed by atoms with Gasteiger partial charge in [-0.2, -0.15) is 5.26 Å². The third-order valence-electron chi connectivity index (χ3n) is 4.27. The fourth-order valence-corrected chi connectivity index (χ4v) is 4.49. The lowest BCUT2D eigenvalue weighted by atomic mass is 10.1. The Bertz CT molecular complexity index is 1250. The van der Waals surface area contributed by atoms with Crippen molar-refractivity contribution in [1.29, 1.82) is 5.26 Å². The van der Waals surface area contributed by atoms with Crippen LogP contribution in [-0.4, -0.2) is 42.3 Å². The first kappa shape index (κ1) is 20.3. The minimum Gasteiger partial charge on any atom is -0.392 e. The van der Waals surface area contributed by atoms with Crippen molar-refractivity contribution in [2.45, 2.75) is 11.5 Å². The second kappa shape index (κ2) is 7.91. The Balaban J connectivity index is 2.36. The van der Waals surface area contributed by atoms with Crippen LogP contribution >= 0.6 is 0 Å². The van der Waals surface area contributed by atoms with E-state index in [0.29, 0.717) is 10.9 Å². The molecular formula is C21H19N3O4S. The number of nitrogens with zero attached hydrogens (tertiary/aromatic N) is 3. The quantitative estimate of drug-likeness (QED) is 0.381. The van der Waals surface area contributed by atoms with E-state index >= 15 is 0 Å². The molecular weight excluding hydrogens is 390 g/mol. The van der Waals surface area contributed by atoms with Crippen molar-refractivity contribution in [3.05, 3.63) is 77.6 Å². The van der Waals surface area contributed by atoms with E-state index in [0.717, 1.165) is 3.97 Å². The highest BCUT2D eigenvalue weighted by molar-refractivity contribution is 7.90. The van der Waals surface area contributed by atoms with Crippen molar-refractivity contribution in [2.75, 3.05) is 14.1 Å². The van der Waals surface area contributed by atoms with Gasteiger partial charge in [-0.15, -0.1) is 0 Å². The maximum absolute atomic E-state index is 13.4. The first-order valence-corrected chi connectivity index (χ1v) is 10.1. The van der Waals surface area contributed by atoms with E-state index in [1.807, 2.05) is 6.07 Å². The van der Waals surface area contributed by atoms with Crippen molar-refractivity contribution in [1.82, 2.24) is 8.87 Å². The topological polar surface area (TPSA) is 103 Å². The maximum atomic E-state index is 13.4. The molecule has 0 fully saturated rings. The van der Waals surface area contributed by atoms with Crippen LogP contribution in [0.4, 0.5) is 0 Å². The number of Topliss-reactive ketones (excluding diaryl/α,β-unsaturated/α-hetero) is 1. The summed E-state index contributed by atoms with van der Waals surface area (Å²) in [6.07, 6.45) is 1.35. The summed E-state index contributed by atoms with van der Waals surface area (Å²) in [7, 11) is -0.807. The first-order valence-electron chi connectivity index (χ1n) is 8.68. The molecule has 3 aromatic rings. The van der Waals surface area contributed by atoms with Crippen LogP contribution in [0.25, 0.3) is 10.9 Å².